The maximum atomic E-state index is 12.6. The molecule has 24 heavy (non-hydrogen) atoms. The van der Waals surface area contributed by atoms with Gasteiger partial charge in [0.05, 0.1) is 10.9 Å². The third kappa shape index (κ3) is 2.88. The molecule has 3 aromatic rings. The number of nitrogens with one attached hydrogen (secondary N) is 1. The van der Waals surface area contributed by atoms with Crippen LogP contribution in [0.25, 0.3) is 10.2 Å². The van der Waals surface area contributed by atoms with Crippen LogP contribution < -0.4 is 10.9 Å². The number of aryl methyl sites for hydroxylation is 1. The lowest BCUT2D eigenvalue weighted by atomic mass is 10.2. The number of pyridine rings is 1. The lowest BCUT2D eigenvalue weighted by Crippen LogP contribution is -2.30. The lowest BCUT2D eigenvalue weighted by molar-refractivity contribution is -0.116. The van der Waals surface area contributed by atoms with Gasteiger partial charge in [-0.1, -0.05) is 6.07 Å². The molecule has 0 saturated carbocycles. The molecule has 3 heterocycles. The summed E-state index contributed by atoms with van der Waals surface area (Å²) in [5, 5.41) is 13.1. The summed E-state index contributed by atoms with van der Waals surface area (Å²) in [7, 11) is 0. The Balaban J connectivity index is 1.97. The average molecular weight is 344 g/mol. The van der Waals surface area contributed by atoms with Gasteiger partial charge >= 0.3 is 5.97 Å². The Bertz CT molecular complexity index is 994. The van der Waals surface area contributed by atoms with Crippen molar-refractivity contribution in [2.75, 3.05) is 5.32 Å². The van der Waals surface area contributed by atoms with Crippen molar-refractivity contribution in [1.29, 1.82) is 0 Å². The van der Waals surface area contributed by atoms with Gasteiger partial charge in [0.25, 0.3) is 5.56 Å². The van der Waals surface area contributed by atoms with Gasteiger partial charge < -0.3 is 10.4 Å². The molecule has 2 N–H and O–H groups in total. The first-order valence-corrected chi connectivity index (χ1v) is 7.78. The van der Waals surface area contributed by atoms with Crippen molar-refractivity contribution in [1.82, 2.24) is 14.5 Å². The molecular weight excluding hydrogens is 332 g/mol. The van der Waals surface area contributed by atoms with Gasteiger partial charge in [-0.15, -0.1) is 11.3 Å². The Morgan fingerprint density at radius 1 is 1.38 bits per heavy atom. The van der Waals surface area contributed by atoms with Crippen molar-refractivity contribution >= 4 is 39.2 Å². The summed E-state index contributed by atoms with van der Waals surface area (Å²) >= 11 is 1.08. The first-order chi connectivity index (χ1) is 11.5. The average Bonchev–Trinajstić information content (AvgIpc) is 2.96. The molecule has 0 aliphatic heterocycles. The number of carboxylic acids is 1. The number of hydrogen-bond acceptors (Lipinski definition) is 6. The topological polar surface area (TPSA) is 114 Å². The van der Waals surface area contributed by atoms with Crippen molar-refractivity contribution in [2.24, 2.45) is 0 Å². The predicted octanol–water partition coefficient (Wildman–Crippen LogP) is 1.50. The zero-order chi connectivity index (χ0) is 17.3. The molecule has 0 spiro atoms. The van der Waals surface area contributed by atoms with Crippen molar-refractivity contribution in [2.45, 2.75) is 13.5 Å². The smallest absolute Gasteiger partial charge is 0.337 e. The number of fused-ring (bicyclic) bond motifs is 1. The minimum absolute atomic E-state index is 0.0173. The molecular formula is C15H12N4O4S. The summed E-state index contributed by atoms with van der Waals surface area (Å²) in [6.45, 7) is 1.31. The molecule has 0 radical (unpaired) electrons. The largest absolute Gasteiger partial charge is 0.478 e. The maximum Gasteiger partial charge on any atom is 0.337 e. The second-order valence-corrected chi connectivity index (χ2v) is 5.81. The second kappa shape index (κ2) is 6.20. The Morgan fingerprint density at radius 2 is 2.17 bits per heavy atom. The molecule has 0 aliphatic carbocycles. The number of carbonyl (C=O) groups excluding carboxylic acids is 1. The molecule has 3 aromatic heterocycles. The summed E-state index contributed by atoms with van der Waals surface area (Å²) in [5.74, 6) is -0.952. The molecule has 0 saturated heterocycles. The van der Waals surface area contributed by atoms with E-state index in [0.29, 0.717) is 16.5 Å². The summed E-state index contributed by atoms with van der Waals surface area (Å²) < 4.78 is 1.15. The van der Waals surface area contributed by atoms with E-state index in [1.54, 1.807) is 25.1 Å². The zero-order valence-electron chi connectivity index (χ0n) is 12.5. The van der Waals surface area contributed by atoms with Gasteiger partial charge in [0.2, 0.25) is 5.91 Å². The van der Waals surface area contributed by atoms with Crippen LogP contribution in [0.15, 0.2) is 34.6 Å². The van der Waals surface area contributed by atoms with Crippen molar-refractivity contribution in [3.05, 3.63) is 51.5 Å². The Kier molecular flexibility index (Phi) is 4.09. The van der Waals surface area contributed by atoms with E-state index in [9.17, 15) is 19.5 Å². The van der Waals surface area contributed by atoms with E-state index in [1.807, 2.05) is 0 Å². The van der Waals surface area contributed by atoms with Crippen LogP contribution in [0.3, 0.4) is 0 Å². The third-order valence-electron chi connectivity index (χ3n) is 3.35. The number of rotatable bonds is 4. The van der Waals surface area contributed by atoms with Gasteiger partial charge in [-0.05, 0) is 19.1 Å². The molecule has 0 aliphatic rings. The highest BCUT2D eigenvalue weighted by Crippen LogP contribution is 2.21. The number of hydrogen-bond donors (Lipinski definition) is 2. The van der Waals surface area contributed by atoms with Crippen LogP contribution in [0, 0.1) is 6.92 Å². The standard InChI is InChI=1S/C15H12N4O4S/c1-8-17-13-12(9(7-24-13)15(22)23)14(21)19(8)6-11(20)18-10-4-2-3-5-16-10/h2-5,7H,6H2,1H3,(H,22,23)(H,16,18,20). The second-order valence-electron chi connectivity index (χ2n) is 4.95. The minimum atomic E-state index is -1.20. The summed E-state index contributed by atoms with van der Waals surface area (Å²) in [6.07, 6.45) is 1.53. The molecule has 122 valence electrons. The SMILES string of the molecule is Cc1nc2scc(C(=O)O)c2c(=O)n1CC(=O)Nc1ccccn1. The third-order valence-corrected chi connectivity index (χ3v) is 4.22. The Hall–Kier alpha value is -3.07. The highest BCUT2D eigenvalue weighted by Gasteiger charge is 2.19. The van der Waals surface area contributed by atoms with Crippen molar-refractivity contribution in [3.63, 3.8) is 0 Å². The normalized spacial score (nSPS) is 10.7. The molecule has 1 amide bonds. The van der Waals surface area contributed by atoms with Crippen LogP contribution >= 0.6 is 11.3 Å². The van der Waals surface area contributed by atoms with Crippen LogP contribution in [0.1, 0.15) is 16.2 Å². The highest BCUT2D eigenvalue weighted by molar-refractivity contribution is 7.17. The van der Waals surface area contributed by atoms with Crippen molar-refractivity contribution in [3.8, 4) is 0 Å². The summed E-state index contributed by atoms with van der Waals surface area (Å²) in [6, 6.07) is 5.06. The fraction of sp³-hybridized carbons (Fsp3) is 0.133. The Labute approximate surface area is 139 Å². The first kappa shape index (κ1) is 15.8. The minimum Gasteiger partial charge on any atom is -0.478 e. The van der Waals surface area contributed by atoms with Gasteiger partial charge in [-0.2, -0.15) is 0 Å². The van der Waals surface area contributed by atoms with E-state index in [4.69, 9.17) is 0 Å². The van der Waals surface area contributed by atoms with E-state index in [2.05, 4.69) is 15.3 Å². The van der Waals surface area contributed by atoms with Crippen LogP contribution in [0.5, 0.6) is 0 Å². The number of thiophene rings is 1. The van der Waals surface area contributed by atoms with E-state index in [-0.39, 0.29) is 17.5 Å². The van der Waals surface area contributed by atoms with E-state index < -0.39 is 17.4 Å². The summed E-state index contributed by atoms with van der Waals surface area (Å²) in [5.41, 5.74) is -0.654. The van der Waals surface area contributed by atoms with Gasteiger partial charge in [-0.25, -0.2) is 14.8 Å². The molecule has 0 aromatic carbocycles. The van der Waals surface area contributed by atoms with E-state index in [0.717, 1.165) is 15.9 Å². The van der Waals surface area contributed by atoms with Crippen LogP contribution in [0.4, 0.5) is 5.82 Å². The molecule has 3 rings (SSSR count). The fourth-order valence-corrected chi connectivity index (χ4v) is 3.18. The number of carbonyl (C=O) groups is 2. The molecule has 0 unspecified atom stereocenters. The van der Waals surface area contributed by atoms with Gasteiger partial charge in [-0.3, -0.25) is 14.2 Å². The van der Waals surface area contributed by atoms with Gasteiger partial charge in [0.15, 0.2) is 0 Å². The van der Waals surface area contributed by atoms with E-state index >= 15 is 0 Å². The van der Waals surface area contributed by atoms with Crippen molar-refractivity contribution < 1.29 is 14.7 Å². The first-order valence-electron chi connectivity index (χ1n) is 6.90. The number of anilines is 1. The highest BCUT2D eigenvalue weighted by atomic mass is 32.1. The quantitative estimate of drug-likeness (QED) is 0.741. The Morgan fingerprint density at radius 3 is 2.83 bits per heavy atom. The molecule has 9 heteroatoms. The van der Waals surface area contributed by atoms with Gasteiger partial charge in [0, 0.05) is 11.6 Å². The predicted molar refractivity (Wildman–Crippen MR) is 88.4 cm³/mol. The van der Waals surface area contributed by atoms with Gasteiger partial charge in [0.1, 0.15) is 23.0 Å². The number of nitrogens with zero attached hydrogens (tertiary/aromatic N) is 3. The van der Waals surface area contributed by atoms with Crippen LogP contribution in [-0.2, 0) is 11.3 Å². The van der Waals surface area contributed by atoms with Crippen LogP contribution in [0.2, 0.25) is 0 Å². The number of aromatic nitrogens is 3. The lowest BCUT2D eigenvalue weighted by Gasteiger charge is -2.09. The van der Waals surface area contributed by atoms with E-state index in [1.165, 1.54) is 11.6 Å². The number of amides is 1. The zero-order valence-corrected chi connectivity index (χ0v) is 13.3. The maximum absolute atomic E-state index is 12.6. The number of carboxylic acid groups (broad SMARTS) is 1. The summed E-state index contributed by atoms with van der Waals surface area (Å²) in [4.78, 5) is 44.5. The molecule has 0 bridgehead atoms. The van der Waals surface area contributed by atoms with Crippen LogP contribution in [-0.4, -0.2) is 31.5 Å². The number of aromatic carboxylic acids is 1. The fourth-order valence-electron chi connectivity index (χ4n) is 2.23. The molecule has 8 nitrogen and oxygen atoms in total. The monoisotopic (exact) mass is 344 g/mol. The molecule has 0 fully saturated rings. The molecule has 0 atom stereocenters.